The summed E-state index contributed by atoms with van der Waals surface area (Å²) in [6, 6.07) is 0. The summed E-state index contributed by atoms with van der Waals surface area (Å²) in [7, 11) is 4.40. The number of hydrogen-bond donors (Lipinski definition) is 0. The van der Waals surface area contributed by atoms with Crippen molar-refractivity contribution in [1.82, 2.24) is 4.90 Å². The van der Waals surface area contributed by atoms with E-state index in [1.165, 1.54) is 0 Å². The normalized spacial score (nSPS) is 21.6. The number of carbonyl (C=O) groups excluding carboxylic acids is 1. The Morgan fingerprint density at radius 3 is 2.38 bits per heavy atom. The summed E-state index contributed by atoms with van der Waals surface area (Å²) in [4.78, 5) is 13.4. The van der Waals surface area contributed by atoms with Crippen LogP contribution in [0.5, 0.6) is 0 Å². The zero-order valence-electron chi connectivity index (χ0n) is 8.42. The topological polar surface area (TPSA) is 20.3 Å². The van der Waals surface area contributed by atoms with Crippen LogP contribution >= 0.6 is 11.6 Å². The number of piperazine rings is 1. The standard InChI is InChI=1S/C9H18ClN2O/c1-12(2)7-5-11(6-8-12)9(13)3-4-10/h3-8H2,1-2H3/q+1. The van der Waals surface area contributed by atoms with E-state index < -0.39 is 0 Å². The van der Waals surface area contributed by atoms with Crippen molar-refractivity contribution in [2.75, 3.05) is 46.2 Å². The molecule has 0 saturated carbocycles. The Morgan fingerprint density at radius 2 is 1.92 bits per heavy atom. The number of halogens is 1. The Morgan fingerprint density at radius 1 is 1.38 bits per heavy atom. The summed E-state index contributed by atoms with van der Waals surface area (Å²) in [5.41, 5.74) is 0. The molecule has 4 heteroatoms. The van der Waals surface area contributed by atoms with Gasteiger partial charge in [-0.25, -0.2) is 0 Å². The zero-order valence-corrected chi connectivity index (χ0v) is 9.18. The first-order valence-electron chi connectivity index (χ1n) is 4.71. The maximum Gasteiger partial charge on any atom is 0.224 e. The largest absolute Gasteiger partial charge is 0.331 e. The molecule has 76 valence electrons. The number of carbonyl (C=O) groups is 1. The van der Waals surface area contributed by atoms with Crippen LogP contribution in [-0.2, 0) is 4.79 Å². The van der Waals surface area contributed by atoms with E-state index in [2.05, 4.69) is 14.1 Å². The second-order valence-corrected chi connectivity index (χ2v) is 4.58. The minimum Gasteiger partial charge on any atom is -0.331 e. The summed E-state index contributed by atoms with van der Waals surface area (Å²) in [5.74, 6) is 0.642. The molecule has 0 radical (unpaired) electrons. The molecule has 0 N–H and O–H groups in total. The average molecular weight is 206 g/mol. The van der Waals surface area contributed by atoms with E-state index in [0.29, 0.717) is 12.3 Å². The van der Waals surface area contributed by atoms with Crippen molar-refractivity contribution in [2.24, 2.45) is 0 Å². The van der Waals surface area contributed by atoms with Gasteiger partial charge in [-0.3, -0.25) is 4.79 Å². The minimum absolute atomic E-state index is 0.203. The average Bonchev–Trinajstić information content (AvgIpc) is 2.04. The van der Waals surface area contributed by atoms with Gasteiger partial charge in [-0.2, -0.15) is 0 Å². The molecule has 1 amide bonds. The lowest BCUT2D eigenvalue weighted by Gasteiger charge is -2.39. The maximum atomic E-state index is 11.4. The first-order valence-corrected chi connectivity index (χ1v) is 5.24. The lowest BCUT2D eigenvalue weighted by Crippen LogP contribution is -2.56. The van der Waals surface area contributed by atoms with Crippen LogP contribution in [0.25, 0.3) is 0 Å². The Labute approximate surface area is 84.8 Å². The number of rotatable bonds is 2. The van der Waals surface area contributed by atoms with Crippen molar-refractivity contribution < 1.29 is 9.28 Å². The molecular formula is C9H18ClN2O+. The van der Waals surface area contributed by atoms with E-state index in [1.807, 2.05) is 4.90 Å². The van der Waals surface area contributed by atoms with E-state index in [-0.39, 0.29) is 5.91 Å². The quantitative estimate of drug-likeness (QED) is 0.476. The highest BCUT2D eigenvalue weighted by Crippen LogP contribution is 2.07. The van der Waals surface area contributed by atoms with Gasteiger partial charge in [-0.05, 0) is 0 Å². The Kier molecular flexibility index (Phi) is 3.56. The maximum absolute atomic E-state index is 11.4. The molecule has 0 aromatic rings. The van der Waals surface area contributed by atoms with Crippen molar-refractivity contribution >= 4 is 17.5 Å². The molecular weight excluding hydrogens is 188 g/mol. The van der Waals surface area contributed by atoms with Crippen LogP contribution in [0.4, 0.5) is 0 Å². The summed E-state index contributed by atoms with van der Waals surface area (Å²) in [6.45, 7) is 3.85. The molecule has 0 aromatic heterocycles. The SMILES string of the molecule is C[N+]1(C)CCN(C(=O)CCCl)CC1. The fourth-order valence-corrected chi connectivity index (χ4v) is 1.66. The summed E-state index contributed by atoms with van der Waals surface area (Å²) < 4.78 is 1.02. The number of nitrogens with zero attached hydrogens (tertiary/aromatic N) is 2. The molecule has 1 rings (SSSR count). The molecule has 3 nitrogen and oxygen atoms in total. The molecule has 13 heavy (non-hydrogen) atoms. The Balaban J connectivity index is 2.36. The number of hydrogen-bond acceptors (Lipinski definition) is 1. The molecule has 1 aliphatic rings. The number of likely N-dealkylation sites (N-methyl/N-ethyl adjacent to an activating group) is 1. The molecule has 1 heterocycles. The number of amides is 1. The van der Waals surface area contributed by atoms with Gasteiger partial charge in [0.05, 0.1) is 40.3 Å². The van der Waals surface area contributed by atoms with Gasteiger partial charge in [-0.1, -0.05) is 0 Å². The Hall–Kier alpha value is -0.280. The van der Waals surface area contributed by atoms with Crippen LogP contribution in [-0.4, -0.2) is 61.4 Å². The lowest BCUT2D eigenvalue weighted by molar-refractivity contribution is -0.894. The summed E-state index contributed by atoms with van der Waals surface area (Å²) >= 11 is 5.52. The van der Waals surface area contributed by atoms with Crippen LogP contribution in [0.15, 0.2) is 0 Å². The highest BCUT2D eigenvalue weighted by Gasteiger charge is 2.26. The number of quaternary nitrogens is 1. The van der Waals surface area contributed by atoms with Gasteiger partial charge in [0.25, 0.3) is 0 Å². The molecule has 0 aliphatic carbocycles. The third kappa shape index (κ3) is 3.16. The van der Waals surface area contributed by atoms with Crippen LogP contribution < -0.4 is 0 Å². The van der Waals surface area contributed by atoms with Crippen LogP contribution in [0, 0.1) is 0 Å². The molecule has 0 aromatic carbocycles. The fraction of sp³-hybridized carbons (Fsp3) is 0.889. The highest BCUT2D eigenvalue weighted by atomic mass is 35.5. The predicted molar refractivity (Wildman–Crippen MR) is 53.8 cm³/mol. The van der Waals surface area contributed by atoms with Crippen molar-refractivity contribution in [3.05, 3.63) is 0 Å². The van der Waals surface area contributed by atoms with Crippen molar-refractivity contribution in [2.45, 2.75) is 6.42 Å². The van der Waals surface area contributed by atoms with Gasteiger partial charge in [0.2, 0.25) is 5.91 Å². The third-order valence-corrected chi connectivity index (χ3v) is 2.80. The third-order valence-electron chi connectivity index (χ3n) is 2.61. The molecule has 0 spiro atoms. The van der Waals surface area contributed by atoms with E-state index in [1.54, 1.807) is 0 Å². The van der Waals surface area contributed by atoms with E-state index in [9.17, 15) is 4.79 Å². The van der Waals surface area contributed by atoms with Gasteiger partial charge in [0, 0.05) is 12.3 Å². The first kappa shape index (κ1) is 10.8. The zero-order chi connectivity index (χ0) is 9.90. The fourth-order valence-electron chi connectivity index (χ4n) is 1.49. The Bertz CT molecular complexity index is 184. The van der Waals surface area contributed by atoms with Crippen LogP contribution in [0.1, 0.15) is 6.42 Å². The summed E-state index contributed by atoms with van der Waals surface area (Å²) in [5, 5.41) is 0. The molecule has 0 bridgehead atoms. The van der Waals surface area contributed by atoms with Crippen LogP contribution in [0.3, 0.4) is 0 Å². The van der Waals surface area contributed by atoms with E-state index in [0.717, 1.165) is 30.7 Å². The van der Waals surface area contributed by atoms with Gasteiger partial charge >= 0.3 is 0 Å². The molecule has 0 atom stereocenters. The second-order valence-electron chi connectivity index (χ2n) is 4.20. The van der Waals surface area contributed by atoms with E-state index in [4.69, 9.17) is 11.6 Å². The lowest BCUT2D eigenvalue weighted by atomic mass is 10.2. The van der Waals surface area contributed by atoms with Crippen molar-refractivity contribution in [3.63, 3.8) is 0 Å². The smallest absolute Gasteiger partial charge is 0.224 e. The van der Waals surface area contributed by atoms with Crippen molar-refractivity contribution in [3.8, 4) is 0 Å². The molecule has 1 saturated heterocycles. The van der Waals surface area contributed by atoms with Crippen molar-refractivity contribution in [1.29, 1.82) is 0 Å². The molecule has 0 unspecified atom stereocenters. The molecule has 1 fully saturated rings. The minimum atomic E-state index is 0.203. The molecule has 1 aliphatic heterocycles. The van der Waals surface area contributed by atoms with Gasteiger partial charge in [0.15, 0.2) is 0 Å². The van der Waals surface area contributed by atoms with Gasteiger partial charge in [0.1, 0.15) is 0 Å². The predicted octanol–water partition coefficient (Wildman–Crippen LogP) is 0.534. The van der Waals surface area contributed by atoms with E-state index >= 15 is 0 Å². The second kappa shape index (κ2) is 4.29. The highest BCUT2D eigenvalue weighted by molar-refractivity contribution is 6.18. The van der Waals surface area contributed by atoms with Gasteiger partial charge < -0.3 is 9.38 Å². The summed E-state index contributed by atoms with van der Waals surface area (Å²) in [6.07, 6.45) is 0.481. The first-order chi connectivity index (χ1) is 6.05. The number of alkyl halides is 1. The van der Waals surface area contributed by atoms with Gasteiger partial charge in [-0.15, -0.1) is 11.6 Å². The monoisotopic (exact) mass is 205 g/mol. The van der Waals surface area contributed by atoms with Crippen LogP contribution in [0.2, 0.25) is 0 Å².